The minimum atomic E-state index is -1.00. The number of hydrogen-bond donors (Lipinski definition) is 3. The van der Waals surface area contributed by atoms with Gasteiger partial charge in [0.15, 0.2) is 0 Å². The SMILES string of the molecule is C[C@H]1C[C@@H](c2ccncc2NC(=O)c2ccc(F)c(-c3c(F)cccc3F)n2)C[C@@H](NC(=O)OC(C)(C)C)[C@@H]1N. The van der Waals surface area contributed by atoms with Crippen LogP contribution in [0.3, 0.4) is 0 Å². The number of pyridine rings is 2. The molecule has 212 valence electrons. The molecule has 0 saturated heterocycles. The van der Waals surface area contributed by atoms with Crippen LogP contribution in [0.15, 0.2) is 48.8 Å². The topological polar surface area (TPSA) is 119 Å². The van der Waals surface area contributed by atoms with Crippen molar-refractivity contribution >= 4 is 17.7 Å². The molecule has 0 bridgehead atoms. The average molecular weight is 556 g/mol. The fourth-order valence-electron chi connectivity index (χ4n) is 4.95. The third-order valence-corrected chi connectivity index (χ3v) is 6.84. The summed E-state index contributed by atoms with van der Waals surface area (Å²) in [5, 5.41) is 5.63. The Hall–Kier alpha value is -3.99. The smallest absolute Gasteiger partial charge is 0.407 e. The van der Waals surface area contributed by atoms with E-state index >= 15 is 0 Å². The Labute approximate surface area is 230 Å². The molecular weight excluding hydrogens is 523 g/mol. The van der Waals surface area contributed by atoms with E-state index in [4.69, 9.17) is 10.5 Å². The van der Waals surface area contributed by atoms with Gasteiger partial charge in [-0.3, -0.25) is 9.78 Å². The molecule has 4 atom stereocenters. The van der Waals surface area contributed by atoms with Gasteiger partial charge in [0.2, 0.25) is 0 Å². The zero-order valence-electron chi connectivity index (χ0n) is 22.7. The van der Waals surface area contributed by atoms with Crippen molar-refractivity contribution in [2.24, 2.45) is 11.7 Å². The van der Waals surface area contributed by atoms with Crippen molar-refractivity contribution in [3.05, 3.63) is 77.5 Å². The minimum Gasteiger partial charge on any atom is -0.444 e. The zero-order valence-corrected chi connectivity index (χ0v) is 22.7. The third-order valence-electron chi connectivity index (χ3n) is 6.84. The molecule has 0 radical (unpaired) electrons. The van der Waals surface area contributed by atoms with Crippen LogP contribution in [0.2, 0.25) is 0 Å². The van der Waals surface area contributed by atoms with E-state index in [0.29, 0.717) is 18.5 Å². The number of nitrogens with one attached hydrogen (secondary N) is 2. The Morgan fingerprint density at radius 2 is 1.73 bits per heavy atom. The van der Waals surface area contributed by atoms with Gasteiger partial charge in [-0.2, -0.15) is 0 Å². The fourth-order valence-corrected chi connectivity index (χ4v) is 4.95. The highest BCUT2D eigenvalue weighted by atomic mass is 19.1. The first-order chi connectivity index (χ1) is 18.8. The summed E-state index contributed by atoms with van der Waals surface area (Å²) in [6, 6.07) is 6.27. The Kier molecular flexibility index (Phi) is 8.43. The Morgan fingerprint density at radius 3 is 2.40 bits per heavy atom. The highest BCUT2D eigenvalue weighted by Crippen LogP contribution is 2.39. The summed E-state index contributed by atoms with van der Waals surface area (Å²) in [6.45, 7) is 7.31. The highest BCUT2D eigenvalue weighted by Gasteiger charge is 2.36. The molecule has 3 aromatic rings. The van der Waals surface area contributed by atoms with E-state index in [1.165, 1.54) is 6.20 Å². The summed E-state index contributed by atoms with van der Waals surface area (Å²) in [5.41, 5.74) is 5.40. The van der Waals surface area contributed by atoms with Crippen LogP contribution in [0.5, 0.6) is 0 Å². The van der Waals surface area contributed by atoms with E-state index < -0.39 is 46.3 Å². The van der Waals surface area contributed by atoms with Gasteiger partial charge in [-0.1, -0.05) is 13.0 Å². The van der Waals surface area contributed by atoms with E-state index in [-0.39, 0.29) is 29.6 Å². The van der Waals surface area contributed by atoms with E-state index in [0.717, 1.165) is 35.9 Å². The van der Waals surface area contributed by atoms with Crippen molar-refractivity contribution in [2.75, 3.05) is 5.32 Å². The lowest BCUT2D eigenvalue weighted by atomic mass is 9.73. The third kappa shape index (κ3) is 6.59. The number of nitrogens with zero attached hydrogens (tertiary/aromatic N) is 2. The second-order valence-corrected chi connectivity index (χ2v) is 11.0. The minimum absolute atomic E-state index is 0.0346. The first kappa shape index (κ1) is 29.0. The molecule has 1 aromatic carbocycles. The molecule has 2 amide bonds. The number of anilines is 1. The molecule has 1 aliphatic carbocycles. The molecule has 4 N–H and O–H groups in total. The first-order valence-corrected chi connectivity index (χ1v) is 13.0. The first-order valence-electron chi connectivity index (χ1n) is 13.0. The van der Waals surface area contributed by atoms with Crippen LogP contribution in [-0.4, -0.2) is 39.7 Å². The van der Waals surface area contributed by atoms with Crippen LogP contribution >= 0.6 is 0 Å². The summed E-state index contributed by atoms with van der Waals surface area (Å²) in [4.78, 5) is 33.7. The number of nitrogens with two attached hydrogens (primary N) is 1. The molecule has 1 aliphatic rings. The number of rotatable bonds is 5. The highest BCUT2D eigenvalue weighted by molar-refractivity contribution is 6.03. The quantitative estimate of drug-likeness (QED) is 0.380. The van der Waals surface area contributed by atoms with Crippen molar-refractivity contribution in [3.63, 3.8) is 0 Å². The van der Waals surface area contributed by atoms with Crippen molar-refractivity contribution in [3.8, 4) is 11.3 Å². The molecule has 11 heteroatoms. The second-order valence-electron chi connectivity index (χ2n) is 11.0. The number of carbonyl (C=O) groups excluding carboxylic acids is 2. The maximum atomic E-state index is 14.5. The van der Waals surface area contributed by atoms with Crippen molar-refractivity contribution in [2.45, 2.75) is 64.1 Å². The van der Waals surface area contributed by atoms with Crippen LogP contribution < -0.4 is 16.4 Å². The summed E-state index contributed by atoms with van der Waals surface area (Å²) in [6.07, 6.45) is 3.68. The molecule has 1 fully saturated rings. The van der Waals surface area contributed by atoms with Gasteiger partial charge in [0.1, 0.15) is 34.4 Å². The van der Waals surface area contributed by atoms with E-state index in [1.54, 1.807) is 33.0 Å². The standard InChI is InChI=1S/C29H32F3N5O3/c1-15-12-16(13-22(25(15)33)37-28(39)40-29(2,3)4)17-10-11-34-14-23(17)36-27(38)21-9-8-20(32)26(35-21)24-18(30)6-5-7-19(24)31/h5-11,14-16,22,25H,12-13,33H2,1-4H3,(H,36,38)(H,37,39)/t15-,16+,22+,25+/m0/s1. The van der Waals surface area contributed by atoms with Gasteiger partial charge in [-0.15, -0.1) is 0 Å². The maximum Gasteiger partial charge on any atom is 0.407 e. The van der Waals surface area contributed by atoms with Gasteiger partial charge >= 0.3 is 6.09 Å². The molecule has 2 aromatic heterocycles. The van der Waals surface area contributed by atoms with Gasteiger partial charge in [0.25, 0.3) is 5.91 Å². The Bertz CT molecular complexity index is 1390. The monoisotopic (exact) mass is 555 g/mol. The number of benzene rings is 1. The molecule has 2 heterocycles. The molecule has 4 rings (SSSR count). The molecule has 0 unspecified atom stereocenters. The molecular formula is C29H32F3N5O3. The number of halogens is 3. The lowest BCUT2D eigenvalue weighted by Crippen LogP contribution is -2.54. The van der Waals surface area contributed by atoms with Crippen LogP contribution in [0.25, 0.3) is 11.3 Å². The van der Waals surface area contributed by atoms with Gasteiger partial charge < -0.3 is 21.1 Å². The molecule has 1 saturated carbocycles. The predicted molar refractivity (Wildman–Crippen MR) is 144 cm³/mol. The van der Waals surface area contributed by atoms with Crippen LogP contribution in [-0.2, 0) is 4.74 Å². The van der Waals surface area contributed by atoms with E-state index in [9.17, 15) is 22.8 Å². The Morgan fingerprint density at radius 1 is 1.02 bits per heavy atom. The fraction of sp³-hybridized carbons (Fsp3) is 0.379. The van der Waals surface area contributed by atoms with Crippen LogP contribution in [0.4, 0.5) is 23.7 Å². The van der Waals surface area contributed by atoms with E-state index in [1.807, 2.05) is 6.92 Å². The summed E-state index contributed by atoms with van der Waals surface area (Å²) >= 11 is 0. The van der Waals surface area contributed by atoms with Gasteiger partial charge in [0.05, 0.1) is 17.4 Å². The van der Waals surface area contributed by atoms with Crippen molar-refractivity contribution in [1.29, 1.82) is 0 Å². The number of amides is 2. The molecule has 40 heavy (non-hydrogen) atoms. The largest absolute Gasteiger partial charge is 0.444 e. The van der Waals surface area contributed by atoms with Crippen molar-refractivity contribution < 1.29 is 27.5 Å². The summed E-state index contributed by atoms with van der Waals surface area (Å²) in [5.74, 6) is -3.75. The number of alkyl carbamates (subject to hydrolysis) is 1. The number of hydrogen-bond acceptors (Lipinski definition) is 6. The maximum absolute atomic E-state index is 14.5. The number of aromatic nitrogens is 2. The lowest BCUT2D eigenvalue weighted by molar-refractivity contribution is 0.0470. The molecule has 8 nitrogen and oxygen atoms in total. The Balaban J connectivity index is 1.57. The molecule has 0 aliphatic heterocycles. The van der Waals surface area contributed by atoms with Crippen LogP contribution in [0.1, 0.15) is 62.5 Å². The summed E-state index contributed by atoms with van der Waals surface area (Å²) in [7, 11) is 0. The van der Waals surface area contributed by atoms with Gasteiger partial charge in [0, 0.05) is 18.3 Å². The summed E-state index contributed by atoms with van der Waals surface area (Å²) < 4.78 is 48.5. The zero-order chi connectivity index (χ0) is 29.2. The van der Waals surface area contributed by atoms with Crippen LogP contribution in [0, 0.1) is 23.4 Å². The lowest BCUT2D eigenvalue weighted by Gasteiger charge is -2.39. The van der Waals surface area contributed by atoms with Crippen molar-refractivity contribution in [1.82, 2.24) is 15.3 Å². The predicted octanol–water partition coefficient (Wildman–Crippen LogP) is 5.55. The molecule has 0 spiro atoms. The normalized spacial score (nSPS) is 21.0. The number of ether oxygens (including phenoxy) is 1. The van der Waals surface area contributed by atoms with E-state index in [2.05, 4.69) is 20.6 Å². The average Bonchev–Trinajstić information content (AvgIpc) is 2.86. The number of carbonyl (C=O) groups is 2. The second kappa shape index (κ2) is 11.6. The van der Waals surface area contributed by atoms with Gasteiger partial charge in [-0.05, 0) is 81.3 Å². The van der Waals surface area contributed by atoms with Gasteiger partial charge in [-0.25, -0.2) is 22.9 Å².